The van der Waals surface area contributed by atoms with E-state index in [2.05, 4.69) is 15.9 Å². The summed E-state index contributed by atoms with van der Waals surface area (Å²) in [6.07, 6.45) is 1.44. The monoisotopic (exact) mass is 487 g/mol. The molecule has 1 saturated heterocycles. The molecule has 0 radical (unpaired) electrons. The van der Waals surface area contributed by atoms with Crippen LogP contribution in [0.1, 0.15) is 39.5 Å². The highest BCUT2D eigenvalue weighted by Crippen LogP contribution is 2.41. The molecule has 1 aromatic carbocycles. The van der Waals surface area contributed by atoms with Gasteiger partial charge in [-0.2, -0.15) is 0 Å². The Kier molecular flexibility index (Phi) is 6.70. The van der Waals surface area contributed by atoms with Crippen molar-refractivity contribution in [1.29, 1.82) is 0 Å². The van der Waals surface area contributed by atoms with E-state index in [0.717, 1.165) is 4.47 Å². The summed E-state index contributed by atoms with van der Waals surface area (Å²) in [7, 11) is -3.95. The second-order valence-electron chi connectivity index (χ2n) is 7.79. The second kappa shape index (κ2) is 8.73. The van der Waals surface area contributed by atoms with Crippen LogP contribution in [-0.2, 0) is 28.9 Å². The van der Waals surface area contributed by atoms with Crippen molar-refractivity contribution in [3.05, 3.63) is 28.7 Å². The Bertz CT molecular complexity index is 853. The molecule has 29 heavy (non-hydrogen) atoms. The van der Waals surface area contributed by atoms with E-state index in [1.165, 1.54) is 12.1 Å². The lowest BCUT2D eigenvalue weighted by Gasteiger charge is -2.35. The number of benzene rings is 1. The van der Waals surface area contributed by atoms with Gasteiger partial charge >= 0.3 is 5.97 Å². The molecule has 1 saturated carbocycles. The number of halogens is 1. The lowest BCUT2D eigenvalue weighted by Crippen LogP contribution is -2.50. The van der Waals surface area contributed by atoms with Crippen molar-refractivity contribution in [3.8, 4) is 0 Å². The Morgan fingerprint density at radius 1 is 1.14 bits per heavy atom. The van der Waals surface area contributed by atoms with Crippen molar-refractivity contribution in [2.24, 2.45) is 0 Å². The van der Waals surface area contributed by atoms with Gasteiger partial charge in [0.05, 0.1) is 17.1 Å². The summed E-state index contributed by atoms with van der Waals surface area (Å²) in [6, 6.07) is 6.22. The molecule has 2 fully saturated rings. The molecule has 7 nitrogen and oxygen atoms in total. The molecule has 1 heterocycles. The Balaban J connectivity index is 1.74. The Morgan fingerprint density at radius 2 is 1.69 bits per heavy atom. The number of hydrogen-bond acceptors (Lipinski definition) is 6. The van der Waals surface area contributed by atoms with Crippen molar-refractivity contribution in [2.75, 3.05) is 19.7 Å². The van der Waals surface area contributed by atoms with E-state index >= 15 is 0 Å². The minimum absolute atomic E-state index is 0.0849. The van der Waals surface area contributed by atoms with Crippen molar-refractivity contribution < 1.29 is 27.5 Å². The predicted octanol–water partition coefficient (Wildman–Crippen LogP) is 2.71. The van der Waals surface area contributed by atoms with E-state index in [1.807, 2.05) is 13.8 Å². The highest BCUT2D eigenvalue weighted by molar-refractivity contribution is 9.10. The summed E-state index contributed by atoms with van der Waals surface area (Å²) in [5, 5.41) is 0. The second-order valence-corrected chi connectivity index (χ2v) is 11.0. The van der Waals surface area contributed by atoms with Crippen LogP contribution in [0.2, 0.25) is 0 Å². The molecule has 160 valence electrons. The Labute approximate surface area is 179 Å². The zero-order valence-electron chi connectivity index (χ0n) is 16.6. The molecule has 2 aliphatic rings. The normalized spacial score (nSPS) is 24.3. The van der Waals surface area contributed by atoms with Crippen LogP contribution in [0.4, 0.5) is 0 Å². The van der Waals surface area contributed by atoms with Gasteiger partial charge in [0.15, 0.2) is 21.2 Å². The van der Waals surface area contributed by atoms with Gasteiger partial charge in [0.1, 0.15) is 0 Å². The molecule has 1 aliphatic carbocycles. The fourth-order valence-corrected chi connectivity index (χ4v) is 6.41. The summed E-state index contributed by atoms with van der Waals surface area (Å²) < 4.78 is 36.6. The van der Waals surface area contributed by atoms with E-state index in [0.29, 0.717) is 25.9 Å². The third-order valence-electron chi connectivity index (χ3n) is 5.52. The zero-order chi connectivity index (χ0) is 21.2. The smallest absolute Gasteiger partial charge is 0.328 e. The van der Waals surface area contributed by atoms with Gasteiger partial charge in [-0.15, -0.1) is 0 Å². The molecule has 0 spiro atoms. The molecule has 1 aliphatic heterocycles. The number of carbonyl (C=O) groups excluding carboxylic acids is 2. The van der Waals surface area contributed by atoms with Crippen molar-refractivity contribution in [2.45, 2.75) is 61.4 Å². The summed E-state index contributed by atoms with van der Waals surface area (Å²) >= 11 is 3.29. The molecule has 3 rings (SSSR count). The molecule has 0 N–H and O–H groups in total. The SMILES string of the molecule is C[C@@H]1CN(C(=O)COC(=O)C2(S(=O)(=O)c3ccc(Br)cc3)CCCC2)C[C@H](C)O1. The lowest BCUT2D eigenvalue weighted by atomic mass is 10.1. The highest BCUT2D eigenvalue weighted by atomic mass is 79.9. The van der Waals surface area contributed by atoms with Gasteiger partial charge in [-0.05, 0) is 51.0 Å². The largest absolute Gasteiger partial charge is 0.454 e. The predicted molar refractivity (Wildman–Crippen MR) is 110 cm³/mol. The lowest BCUT2D eigenvalue weighted by molar-refractivity contribution is -0.158. The fraction of sp³-hybridized carbons (Fsp3) is 0.600. The number of morpholine rings is 1. The van der Waals surface area contributed by atoms with Crippen LogP contribution in [0, 0.1) is 0 Å². The van der Waals surface area contributed by atoms with Gasteiger partial charge in [-0.1, -0.05) is 28.8 Å². The first kappa shape index (κ1) is 22.2. The molecule has 0 unspecified atom stereocenters. The molecule has 0 bridgehead atoms. The van der Waals surface area contributed by atoms with Crippen LogP contribution in [0.25, 0.3) is 0 Å². The molecule has 2 atom stereocenters. The fourth-order valence-electron chi connectivity index (χ4n) is 4.10. The van der Waals surface area contributed by atoms with Gasteiger partial charge in [-0.3, -0.25) is 9.59 Å². The van der Waals surface area contributed by atoms with E-state index in [-0.39, 0.29) is 35.9 Å². The average molecular weight is 488 g/mol. The van der Waals surface area contributed by atoms with E-state index in [1.54, 1.807) is 17.0 Å². The molecule has 1 amide bonds. The summed E-state index contributed by atoms with van der Waals surface area (Å²) in [5.74, 6) is -1.17. The van der Waals surface area contributed by atoms with Crippen molar-refractivity contribution in [3.63, 3.8) is 0 Å². The van der Waals surface area contributed by atoms with Crippen LogP contribution in [0.5, 0.6) is 0 Å². The van der Waals surface area contributed by atoms with Gasteiger partial charge in [0.25, 0.3) is 5.91 Å². The zero-order valence-corrected chi connectivity index (χ0v) is 19.0. The third-order valence-corrected chi connectivity index (χ3v) is 8.55. The molecular weight excluding hydrogens is 462 g/mol. The number of sulfone groups is 1. The van der Waals surface area contributed by atoms with Crippen LogP contribution < -0.4 is 0 Å². The van der Waals surface area contributed by atoms with E-state index in [4.69, 9.17) is 9.47 Å². The summed E-state index contributed by atoms with van der Waals surface area (Å²) in [6.45, 7) is 4.13. The van der Waals surface area contributed by atoms with Crippen LogP contribution in [0.15, 0.2) is 33.6 Å². The summed E-state index contributed by atoms with van der Waals surface area (Å²) in [5.41, 5.74) is 0. The van der Waals surface area contributed by atoms with Crippen LogP contribution >= 0.6 is 15.9 Å². The molecular formula is C20H26BrNO6S. The maximum atomic E-state index is 13.3. The number of ether oxygens (including phenoxy) is 2. The van der Waals surface area contributed by atoms with Crippen molar-refractivity contribution in [1.82, 2.24) is 4.90 Å². The van der Waals surface area contributed by atoms with Gasteiger partial charge < -0.3 is 14.4 Å². The first-order chi connectivity index (χ1) is 13.7. The van der Waals surface area contributed by atoms with Crippen molar-refractivity contribution >= 4 is 37.6 Å². The number of amides is 1. The number of carbonyl (C=O) groups is 2. The Hall–Kier alpha value is -1.45. The maximum absolute atomic E-state index is 13.3. The van der Waals surface area contributed by atoms with Crippen LogP contribution in [-0.4, -0.2) is 61.8 Å². The van der Waals surface area contributed by atoms with E-state index < -0.39 is 27.2 Å². The van der Waals surface area contributed by atoms with Gasteiger partial charge in [0, 0.05) is 17.6 Å². The molecule has 0 aromatic heterocycles. The quantitative estimate of drug-likeness (QED) is 0.593. The van der Waals surface area contributed by atoms with E-state index in [9.17, 15) is 18.0 Å². The minimum Gasteiger partial charge on any atom is -0.454 e. The number of esters is 1. The third kappa shape index (κ3) is 4.51. The van der Waals surface area contributed by atoms with Crippen LogP contribution in [0.3, 0.4) is 0 Å². The minimum atomic E-state index is -3.95. The maximum Gasteiger partial charge on any atom is 0.328 e. The number of hydrogen-bond donors (Lipinski definition) is 0. The topological polar surface area (TPSA) is 90.0 Å². The molecule has 9 heteroatoms. The standard InChI is InChI=1S/C20H26BrNO6S/c1-14-11-22(12-15(2)28-14)18(23)13-27-19(24)20(9-3-4-10-20)29(25,26)17-7-5-16(21)6-8-17/h5-8,14-15H,3-4,9-13H2,1-2H3/t14-,15+. The first-order valence-electron chi connectivity index (χ1n) is 9.76. The molecule has 1 aromatic rings. The van der Waals surface area contributed by atoms with Gasteiger partial charge in [0.2, 0.25) is 0 Å². The Morgan fingerprint density at radius 3 is 2.24 bits per heavy atom. The summed E-state index contributed by atoms with van der Waals surface area (Å²) in [4.78, 5) is 27.2. The van der Waals surface area contributed by atoms with Gasteiger partial charge in [-0.25, -0.2) is 8.42 Å². The number of nitrogens with zero attached hydrogens (tertiary/aromatic N) is 1. The average Bonchev–Trinajstić information content (AvgIpc) is 3.17. The first-order valence-corrected chi connectivity index (χ1v) is 12.0. The number of rotatable bonds is 5. The highest BCUT2D eigenvalue weighted by Gasteiger charge is 2.54.